The number of thiophene rings is 1. The third-order valence-electron chi connectivity index (χ3n) is 4.34. The third kappa shape index (κ3) is 3.04. The van der Waals surface area contributed by atoms with Crippen molar-refractivity contribution in [2.75, 3.05) is 6.54 Å². The average Bonchev–Trinajstić information content (AvgIpc) is 2.90. The van der Waals surface area contributed by atoms with Crippen molar-refractivity contribution in [3.8, 4) is 0 Å². The molecule has 0 atom stereocenters. The Morgan fingerprint density at radius 3 is 2.75 bits per heavy atom. The number of fused-ring (bicyclic) bond motifs is 1. The number of hydrogen-bond acceptors (Lipinski definition) is 2. The van der Waals surface area contributed by atoms with Gasteiger partial charge in [0.1, 0.15) is 0 Å². The van der Waals surface area contributed by atoms with E-state index in [0.29, 0.717) is 5.92 Å². The smallest absolute Gasteiger partial charge is 0.261 e. The van der Waals surface area contributed by atoms with Crippen LogP contribution in [0.1, 0.15) is 42.3 Å². The van der Waals surface area contributed by atoms with Gasteiger partial charge >= 0.3 is 0 Å². The summed E-state index contributed by atoms with van der Waals surface area (Å²) in [5, 5.41) is 4.28. The van der Waals surface area contributed by atoms with Crippen molar-refractivity contribution in [1.82, 2.24) is 5.32 Å². The number of benzene rings is 1. The van der Waals surface area contributed by atoms with Gasteiger partial charge in [0, 0.05) is 11.2 Å². The molecule has 0 saturated heterocycles. The van der Waals surface area contributed by atoms with E-state index in [0.717, 1.165) is 22.7 Å². The minimum absolute atomic E-state index is 0.0878. The van der Waals surface area contributed by atoms with Crippen molar-refractivity contribution in [3.63, 3.8) is 0 Å². The lowest BCUT2D eigenvalue weighted by atomic mass is 9.83. The van der Waals surface area contributed by atoms with Crippen LogP contribution in [0.25, 0.3) is 10.1 Å². The van der Waals surface area contributed by atoms with Crippen LogP contribution in [0.2, 0.25) is 0 Å². The number of rotatable bonds is 3. The summed E-state index contributed by atoms with van der Waals surface area (Å²) >= 11 is 1.58. The fourth-order valence-corrected chi connectivity index (χ4v) is 3.93. The molecule has 3 rings (SSSR count). The number of carbonyl (C=O) groups is 1. The summed E-state index contributed by atoms with van der Waals surface area (Å²) in [4.78, 5) is 13.0. The Morgan fingerprint density at radius 1 is 1.25 bits per heavy atom. The highest BCUT2D eigenvalue weighted by atomic mass is 32.1. The Kier molecular flexibility index (Phi) is 4.06. The molecule has 3 heteroatoms. The average molecular weight is 287 g/mol. The topological polar surface area (TPSA) is 29.1 Å². The van der Waals surface area contributed by atoms with Gasteiger partial charge in [0.25, 0.3) is 5.91 Å². The molecule has 0 unspecified atom stereocenters. The van der Waals surface area contributed by atoms with Crippen LogP contribution < -0.4 is 5.32 Å². The maximum Gasteiger partial charge on any atom is 0.261 e. The zero-order valence-electron chi connectivity index (χ0n) is 11.9. The van der Waals surface area contributed by atoms with Crippen LogP contribution in [-0.2, 0) is 0 Å². The standard InChI is InChI=1S/C17H21NOS/c1-12-6-8-13(9-7-12)11-18-17(19)16-10-14-4-2-3-5-15(14)20-16/h2-5,10,12-13H,6-9,11H2,1H3,(H,18,19). The Hall–Kier alpha value is -1.35. The van der Waals surface area contributed by atoms with Crippen LogP contribution >= 0.6 is 11.3 Å². The number of amides is 1. The van der Waals surface area contributed by atoms with E-state index in [1.165, 1.54) is 30.4 Å². The number of nitrogens with one attached hydrogen (secondary N) is 1. The van der Waals surface area contributed by atoms with E-state index in [9.17, 15) is 4.79 Å². The monoisotopic (exact) mass is 287 g/mol. The van der Waals surface area contributed by atoms with Crippen molar-refractivity contribution in [2.45, 2.75) is 32.6 Å². The molecule has 1 amide bonds. The van der Waals surface area contributed by atoms with E-state index < -0.39 is 0 Å². The fourth-order valence-electron chi connectivity index (χ4n) is 2.95. The molecular weight excluding hydrogens is 266 g/mol. The second kappa shape index (κ2) is 5.96. The van der Waals surface area contributed by atoms with Crippen molar-refractivity contribution in [1.29, 1.82) is 0 Å². The molecule has 2 nitrogen and oxygen atoms in total. The predicted octanol–water partition coefficient (Wildman–Crippen LogP) is 4.46. The third-order valence-corrected chi connectivity index (χ3v) is 5.45. The quantitative estimate of drug-likeness (QED) is 0.887. The van der Waals surface area contributed by atoms with Crippen molar-refractivity contribution < 1.29 is 4.79 Å². The zero-order valence-corrected chi connectivity index (χ0v) is 12.7. The lowest BCUT2D eigenvalue weighted by Gasteiger charge is -2.26. The molecule has 0 radical (unpaired) electrons. The number of carbonyl (C=O) groups excluding carboxylic acids is 1. The molecule has 1 saturated carbocycles. The minimum Gasteiger partial charge on any atom is -0.351 e. The summed E-state index contributed by atoms with van der Waals surface area (Å²) < 4.78 is 1.18. The van der Waals surface area contributed by atoms with Gasteiger partial charge in [0.2, 0.25) is 0 Å². The lowest BCUT2D eigenvalue weighted by Crippen LogP contribution is -2.30. The normalized spacial score (nSPS) is 22.9. The molecule has 1 heterocycles. The highest BCUT2D eigenvalue weighted by molar-refractivity contribution is 7.20. The van der Waals surface area contributed by atoms with Crippen LogP contribution in [0.3, 0.4) is 0 Å². The van der Waals surface area contributed by atoms with Gasteiger partial charge in [-0.15, -0.1) is 11.3 Å². The zero-order chi connectivity index (χ0) is 13.9. The highest BCUT2D eigenvalue weighted by Crippen LogP contribution is 2.28. The van der Waals surface area contributed by atoms with Gasteiger partial charge < -0.3 is 5.32 Å². The highest BCUT2D eigenvalue weighted by Gasteiger charge is 2.19. The van der Waals surface area contributed by atoms with Gasteiger partial charge in [-0.1, -0.05) is 38.0 Å². The van der Waals surface area contributed by atoms with Gasteiger partial charge in [0.05, 0.1) is 4.88 Å². The van der Waals surface area contributed by atoms with Gasteiger partial charge in [-0.2, -0.15) is 0 Å². The van der Waals surface area contributed by atoms with Gasteiger partial charge in [-0.3, -0.25) is 4.79 Å². The fraction of sp³-hybridized carbons (Fsp3) is 0.471. The van der Waals surface area contributed by atoms with Crippen LogP contribution in [0.5, 0.6) is 0 Å². The SMILES string of the molecule is CC1CCC(CNC(=O)c2cc3ccccc3s2)CC1. The molecule has 0 aliphatic heterocycles. The Morgan fingerprint density at radius 2 is 2.00 bits per heavy atom. The molecule has 0 bridgehead atoms. The molecule has 106 valence electrons. The Bertz CT molecular complexity index is 563. The second-order valence-electron chi connectivity index (χ2n) is 5.98. The molecule has 1 N–H and O–H groups in total. The maximum absolute atomic E-state index is 12.2. The molecule has 1 aliphatic rings. The van der Waals surface area contributed by atoms with Crippen LogP contribution in [0.15, 0.2) is 30.3 Å². The van der Waals surface area contributed by atoms with E-state index in [1.54, 1.807) is 11.3 Å². The molecule has 1 aromatic carbocycles. The predicted molar refractivity (Wildman–Crippen MR) is 85.3 cm³/mol. The van der Waals surface area contributed by atoms with E-state index in [1.807, 2.05) is 18.2 Å². The van der Waals surface area contributed by atoms with Crippen LogP contribution in [0, 0.1) is 11.8 Å². The molecule has 0 spiro atoms. The molecule has 2 aromatic rings. The molecular formula is C17H21NOS. The molecule has 1 aliphatic carbocycles. The maximum atomic E-state index is 12.2. The molecule has 1 fully saturated rings. The second-order valence-corrected chi connectivity index (χ2v) is 7.07. The van der Waals surface area contributed by atoms with Gasteiger partial charge in [-0.05, 0) is 42.2 Å². The summed E-state index contributed by atoms with van der Waals surface area (Å²) in [6, 6.07) is 10.2. The molecule has 20 heavy (non-hydrogen) atoms. The van der Waals surface area contributed by atoms with Crippen molar-refractivity contribution in [2.24, 2.45) is 11.8 Å². The van der Waals surface area contributed by atoms with E-state index >= 15 is 0 Å². The summed E-state index contributed by atoms with van der Waals surface area (Å²) in [7, 11) is 0. The van der Waals surface area contributed by atoms with Crippen LogP contribution in [-0.4, -0.2) is 12.5 Å². The molecule has 1 aromatic heterocycles. The van der Waals surface area contributed by atoms with Crippen LogP contribution in [0.4, 0.5) is 0 Å². The lowest BCUT2D eigenvalue weighted by molar-refractivity contribution is 0.0946. The van der Waals surface area contributed by atoms with E-state index in [2.05, 4.69) is 24.4 Å². The van der Waals surface area contributed by atoms with E-state index in [-0.39, 0.29) is 5.91 Å². The van der Waals surface area contributed by atoms with Crippen molar-refractivity contribution >= 4 is 27.3 Å². The number of hydrogen-bond donors (Lipinski definition) is 1. The largest absolute Gasteiger partial charge is 0.351 e. The first-order chi connectivity index (χ1) is 9.72. The van der Waals surface area contributed by atoms with E-state index in [4.69, 9.17) is 0 Å². The minimum atomic E-state index is 0.0878. The first-order valence-corrected chi connectivity index (χ1v) is 8.31. The summed E-state index contributed by atoms with van der Waals surface area (Å²) in [6.07, 6.45) is 5.13. The summed E-state index contributed by atoms with van der Waals surface area (Å²) in [6.45, 7) is 3.16. The van der Waals surface area contributed by atoms with Gasteiger partial charge in [-0.25, -0.2) is 0 Å². The summed E-state index contributed by atoms with van der Waals surface area (Å²) in [5.41, 5.74) is 0. The van der Waals surface area contributed by atoms with Gasteiger partial charge in [0.15, 0.2) is 0 Å². The Balaban J connectivity index is 1.59. The first kappa shape index (κ1) is 13.6. The summed E-state index contributed by atoms with van der Waals surface area (Å²) in [5.74, 6) is 1.62. The van der Waals surface area contributed by atoms with Crippen molar-refractivity contribution in [3.05, 3.63) is 35.2 Å². The Labute approximate surface area is 124 Å². The first-order valence-electron chi connectivity index (χ1n) is 7.49.